The third-order valence-electron chi connectivity index (χ3n) is 4.09. The number of benzene rings is 1. The molecule has 2 N–H and O–H groups in total. The van der Waals surface area contributed by atoms with Crippen LogP contribution in [0.15, 0.2) is 29.3 Å². The fourth-order valence-electron chi connectivity index (χ4n) is 3.18. The number of anilines is 1. The van der Waals surface area contributed by atoms with Gasteiger partial charge in [0.05, 0.1) is 16.4 Å². The van der Waals surface area contributed by atoms with E-state index in [4.69, 9.17) is 10.7 Å². The van der Waals surface area contributed by atoms with Gasteiger partial charge in [0.25, 0.3) is 0 Å². The first-order valence-electron chi connectivity index (χ1n) is 6.89. The molecule has 96 valence electrons. The molecule has 2 heterocycles. The molecule has 0 atom stereocenters. The Bertz CT molecular complexity index is 682. The van der Waals surface area contributed by atoms with Gasteiger partial charge >= 0.3 is 0 Å². The van der Waals surface area contributed by atoms with Crippen LogP contribution in [-0.2, 0) is 19.3 Å². The van der Waals surface area contributed by atoms with Gasteiger partial charge in [-0.15, -0.1) is 11.3 Å². The van der Waals surface area contributed by atoms with E-state index in [0.29, 0.717) is 0 Å². The fraction of sp³-hybridized carbons (Fsp3) is 0.312. The number of fused-ring (bicyclic) bond motifs is 2. The average molecular weight is 268 g/mol. The number of hydrogen-bond donors (Lipinski definition) is 1. The van der Waals surface area contributed by atoms with Crippen molar-refractivity contribution in [2.45, 2.75) is 32.1 Å². The summed E-state index contributed by atoms with van der Waals surface area (Å²) in [6.45, 7) is 0. The van der Waals surface area contributed by atoms with Gasteiger partial charge in [0.15, 0.2) is 0 Å². The molecule has 0 spiro atoms. The van der Waals surface area contributed by atoms with E-state index in [-0.39, 0.29) is 0 Å². The van der Waals surface area contributed by atoms with Crippen molar-refractivity contribution in [1.29, 1.82) is 0 Å². The Hall–Kier alpha value is -1.61. The van der Waals surface area contributed by atoms with E-state index < -0.39 is 0 Å². The molecule has 0 unspecified atom stereocenters. The molecular formula is C16H16N2S. The quantitative estimate of drug-likeness (QED) is 0.837. The van der Waals surface area contributed by atoms with Crippen LogP contribution in [-0.4, -0.2) is 5.71 Å². The standard InChI is InChI=1S/C16H16N2S/c17-16-15(11-6-2-4-8-14(11)19-16)13-9-10-5-1-3-7-12(10)18-13/h1,3,5,7H,2,4,6,8-9,17H2. The van der Waals surface area contributed by atoms with E-state index in [0.717, 1.165) is 17.1 Å². The van der Waals surface area contributed by atoms with Crippen LogP contribution < -0.4 is 5.73 Å². The molecule has 1 aromatic carbocycles. The molecule has 1 aromatic heterocycles. The number of nitrogen functional groups attached to an aromatic ring is 1. The van der Waals surface area contributed by atoms with Gasteiger partial charge in [-0.2, -0.15) is 0 Å². The monoisotopic (exact) mass is 268 g/mol. The summed E-state index contributed by atoms with van der Waals surface area (Å²) in [5.74, 6) is 0. The minimum Gasteiger partial charge on any atom is -0.390 e. The van der Waals surface area contributed by atoms with E-state index in [1.165, 1.54) is 53.0 Å². The van der Waals surface area contributed by atoms with E-state index in [1.807, 2.05) is 0 Å². The molecule has 4 rings (SSSR count). The third-order valence-corrected chi connectivity index (χ3v) is 5.21. The minimum absolute atomic E-state index is 0.934. The number of nitrogens with zero attached hydrogens (tertiary/aromatic N) is 1. The zero-order valence-corrected chi connectivity index (χ0v) is 11.6. The molecule has 1 aliphatic heterocycles. The molecule has 2 nitrogen and oxygen atoms in total. The molecule has 0 saturated carbocycles. The van der Waals surface area contributed by atoms with Crippen molar-refractivity contribution in [1.82, 2.24) is 0 Å². The molecule has 0 radical (unpaired) electrons. The van der Waals surface area contributed by atoms with Crippen molar-refractivity contribution in [3.8, 4) is 0 Å². The van der Waals surface area contributed by atoms with Gasteiger partial charge in [-0.1, -0.05) is 18.2 Å². The summed E-state index contributed by atoms with van der Waals surface area (Å²) in [7, 11) is 0. The largest absolute Gasteiger partial charge is 0.390 e. The highest BCUT2D eigenvalue weighted by Crippen LogP contribution is 2.39. The molecule has 2 aromatic rings. The topological polar surface area (TPSA) is 38.4 Å². The molecule has 0 bridgehead atoms. The summed E-state index contributed by atoms with van der Waals surface area (Å²) in [4.78, 5) is 6.30. The Balaban J connectivity index is 1.81. The van der Waals surface area contributed by atoms with Crippen LogP contribution in [0.2, 0.25) is 0 Å². The lowest BCUT2D eigenvalue weighted by Gasteiger charge is -2.12. The molecule has 0 fully saturated rings. The Morgan fingerprint density at radius 1 is 1.11 bits per heavy atom. The Labute approximate surface area is 117 Å². The summed E-state index contributed by atoms with van der Waals surface area (Å²) in [5, 5.41) is 0.971. The number of thiophene rings is 1. The summed E-state index contributed by atoms with van der Waals surface area (Å²) in [6, 6.07) is 8.40. The lowest BCUT2D eigenvalue weighted by molar-refractivity contribution is 0.696. The van der Waals surface area contributed by atoms with Crippen LogP contribution in [0.25, 0.3) is 0 Å². The molecule has 0 amide bonds. The normalized spacial score (nSPS) is 16.9. The zero-order valence-electron chi connectivity index (χ0n) is 10.8. The van der Waals surface area contributed by atoms with Crippen molar-refractivity contribution in [2.24, 2.45) is 4.99 Å². The number of aliphatic imine (C=N–C) groups is 1. The molecule has 19 heavy (non-hydrogen) atoms. The summed E-state index contributed by atoms with van der Waals surface area (Å²) >= 11 is 1.78. The third kappa shape index (κ3) is 1.72. The SMILES string of the molecule is Nc1sc2c(c1C1=Nc3ccccc3C1)CCCC2. The average Bonchev–Trinajstić information content (AvgIpc) is 2.97. The molecular weight excluding hydrogens is 252 g/mol. The van der Waals surface area contributed by atoms with Gasteiger partial charge in [-0.25, -0.2) is 0 Å². The Morgan fingerprint density at radius 2 is 1.95 bits per heavy atom. The maximum Gasteiger partial charge on any atom is 0.0954 e. The van der Waals surface area contributed by atoms with Crippen LogP contribution in [0.4, 0.5) is 10.7 Å². The summed E-state index contributed by atoms with van der Waals surface area (Å²) < 4.78 is 0. The van der Waals surface area contributed by atoms with Gasteiger partial charge in [0.2, 0.25) is 0 Å². The second-order valence-corrected chi connectivity index (χ2v) is 6.45. The van der Waals surface area contributed by atoms with E-state index in [1.54, 1.807) is 11.3 Å². The minimum atomic E-state index is 0.934. The molecule has 2 aliphatic rings. The van der Waals surface area contributed by atoms with Crippen LogP contribution in [0.5, 0.6) is 0 Å². The molecule has 3 heteroatoms. The fourth-order valence-corrected chi connectivity index (χ4v) is 4.36. The number of rotatable bonds is 1. The number of para-hydroxylation sites is 1. The van der Waals surface area contributed by atoms with E-state index in [2.05, 4.69) is 24.3 Å². The van der Waals surface area contributed by atoms with Gasteiger partial charge in [0, 0.05) is 16.9 Å². The van der Waals surface area contributed by atoms with Crippen molar-refractivity contribution in [3.05, 3.63) is 45.8 Å². The van der Waals surface area contributed by atoms with Gasteiger partial charge in [-0.3, -0.25) is 4.99 Å². The van der Waals surface area contributed by atoms with Gasteiger partial charge < -0.3 is 5.73 Å². The lowest BCUT2D eigenvalue weighted by Crippen LogP contribution is -2.08. The summed E-state index contributed by atoms with van der Waals surface area (Å²) in [6.07, 6.45) is 5.90. The first kappa shape index (κ1) is 11.2. The first-order valence-corrected chi connectivity index (χ1v) is 7.70. The highest BCUT2D eigenvalue weighted by atomic mass is 32.1. The highest BCUT2D eigenvalue weighted by molar-refractivity contribution is 7.16. The zero-order chi connectivity index (χ0) is 12.8. The smallest absolute Gasteiger partial charge is 0.0954 e. The maximum absolute atomic E-state index is 6.27. The van der Waals surface area contributed by atoms with Crippen LogP contribution in [0.3, 0.4) is 0 Å². The van der Waals surface area contributed by atoms with E-state index >= 15 is 0 Å². The summed E-state index contributed by atoms with van der Waals surface area (Å²) in [5.41, 5.74) is 12.6. The predicted octanol–water partition coefficient (Wildman–Crippen LogP) is 3.89. The van der Waals surface area contributed by atoms with Crippen LogP contribution in [0.1, 0.15) is 34.4 Å². The van der Waals surface area contributed by atoms with Gasteiger partial charge in [0.1, 0.15) is 0 Å². The van der Waals surface area contributed by atoms with E-state index in [9.17, 15) is 0 Å². The number of nitrogens with two attached hydrogens (primary N) is 1. The van der Waals surface area contributed by atoms with Crippen LogP contribution in [0, 0.1) is 0 Å². The van der Waals surface area contributed by atoms with Crippen molar-refractivity contribution in [3.63, 3.8) is 0 Å². The van der Waals surface area contributed by atoms with Crippen molar-refractivity contribution < 1.29 is 0 Å². The van der Waals surface area contributed by atoms with Crippen molar-refractivity contribution in [2.75, 3.05) is 5.73 Å². The second-order valence-electron chi connectivity index (χ2n) is 5.31. The molecule has 0 saturated heterocycles. The first-order chi connectivity index (χ1) is 9.33. The predicted molar refractivity (Wildman–Crippen MR) is 81.7 cm³/mol. The lowest BCUT2D eigenvalue weighted by atomic mass is 9.92. The highest BCUT2D eigenvalue weighted by Gasteiger charge is 2.25. The molecule has 1 aliphatic carbocycles. The Kier molecular flexibility index (Phi) is 2.49. The second kappa shape index (κ2) is 4.20. The van der Waals surface area contributed by atoms with Crippen molar-refractivity contribution >= 4 is 27.7 Å². The van der Waals surface area contributed by atoms with Crippen LogP contribution >= 0.6 is 11.3 Å². The number of aryl methyl sites for hydroxylation is 1. The van der Waals surface area contributed by atoms with Gasteiger partial charge in [-0.05, 0) is 42.9 Å². The maximum atomic E-state index is 6.27. The number of hydrogen-bond acceptors (Lipinski definition) is 3. The Morgan fingerprint density at radius 3 is 2.84 bits per heavy atom.